The fourth-order valence-electron chi connectivity index (χ4n) is 3.98. The van der Waals surface area contributed by atoms with Crippen molar-refractivity contribution in [3.8, 4) is 23.6 Å². The number of carbonyl (C=O) groups is 1. The fraction of sp³-hybridized carbons (Fsp3) is 0.233. The highest BCUT2D eigenvalue weighted by molar-refractivity contribution is 7.89. The molecule has 13 heteroatoms. The number of nitriles is 2. The minimum Gasteiger partial charge on any atom is -0.497 e. The first kappa shape index (κ1) is 31.1. The number of fused-ring (bicyclic) bond motifs is 1. The molecule has 0 aliphatic heterocycles. The van der Waals surface area contributed by atoms with Crippen LogP contribution in [0.4, 0.5) is 5.13 Å². The van der Waals surface area contributed by atoms with Crippen molar-refractivity contribution >= 4 is 48.8 Å². The van der Waals surface area contributed by atoms with Gasteiger partial charge in [-0.3, -0.25) is 4.79 Å². The first-order valence-electron chi connectivity index (χ1n) is 13.2. The monoisotopic (exact) mass is 616 g/mol. The summed E-state index contributed by atoms with van der Waals surface area (Å²) in [4.78, 5) is 18.3. The molecule has 0 unspecified atom stereocenters. The Labute approximate surface area is 253 Å². The molecule has 1 aromatic heterocycles. The van der Waals surface area contributed by atoms with Crippen molar-refractivity contribution in [3.63, 3.8) is 0 Å². The van der Waals surface area contributed by atoms with E-state index >= 15 is 0 Å². The molecule has 3 aromatic carbocycles. The third-order valence-electron chi connectivity index (χ3n) is 6.16. The number of hydrogen-bond donors (Lipinski definition) is 0. The Bertz CT molecular complexity index is 1770. The van der Waals surface area contributed by atoms with Gasteiger partial charge in [0.05, 0.1) is 47.2 Å². The topological polar surface area (TPSA) is 149 Å². The van der Waals surface area contributed by atoms with Crippen molar-refractivity contribution in [1.29, 1.82) is 10.5 Å². The van der Waals surface area contributed by atoms with Crippen LogP contribution in [-0.2, 0) is 10.0 Å². The van der Waals surface area contributed by atoms with E-state index in [-0.39, 0.29) is 36.4 Å². The number of carbonyl (C=O) groups excluding carboxylic acids is 1. The van der Waals surface area contributed by atoms with Gasteiger partial charge in [0.1, 0.15) is 11.5 Å². The highest BCUT2D eigenvalue weighted by Crippen LogP contribution is 2.32. The summed E-state index contributed by atoms with van der Waals surface area (Å²) in [5, 5.41) is 23.8. The molecule has 0 radical (unpaired) electrons. The molecule has 0 saturated heterocycles. The van der Waals surface area contributed by atoms with E-state index in [9.17, 15) is 13.2 Å². The molecule has 0 atom stereocenters. The Hall–Kier alpha value is -4.82. The fourth-order valence-corrected chi connectivity index (χ4v) is 6.37. The van der Waals surface area contributed by atoms with Crippen molar-refractivity contribution in [1.82, 2.24) is 9.29 Å². The summed E-state index contributed by atoms with van der Waals surface area (Å²) in [6, 6.07) is 21.9. The zero-order valence-electron chi connectivity index (χ0n) is 23.5. The Balaban J connectivity index is 1.67. The van der Waals surface area contributed by atoms with Crippen molar-refractivity contribution in [2.75, 3.05) is 31.8 Å². The van der Waals surface area contributed by atoms with Gasteiger partial charge in [-0.25, -0.2) is 13.4 Å². The maximum atomic E-state index is 13.8. The van der Waals surface area contributed by atoms with Gasteiger partial charge in [0.15, 0.2) is 0 Å². The van der Waals surface area contributed by atoms with Gasteiger partial charge in [-0.2, -0.15) is 24.9 Å². The standard InChI is InChI=1S/C30H28N6O5S2/c1-3-41-24-10-6-22(7-11-24)21-33-36(30-34-27-15-12-25(40-2)20-28(27)42-30)29(37)23-8-13-26(14-9-23)43(38,39)35(18-4-16-31)19-5-17-32/h6-15,20-21H,3-5,18-19H2,1-2H3/b33-21+. The number of benzene rings is 3. The zero-order valence-corrected chi connectivity index (χ0v) is 25.1. The number of hydrazone groups is 1. The van der Waals surface area contributed by atoms with E-state index in [0.717, 1.165) is 14.6 Å². The van der Waals surface area contributed by atoms with Crippen LogP contribution in [0.1, 0.15) is 35.7 Å². The largest absolute Gasteiger partial charge is 0.497 e. The summed E-state index contributed by atoms with van der Waals surface area (Å²) in [5.41, 5.74) is 1.56. The molecule has 1 amide bonds. The van der Waals surface area contributed by atoms with E-state index in [0.29, 0.717) is 28.8 Å². The average molecular weight is 617 g/mol. The van der Waals surface area contributed by atoms with Crippen LogP contribution >= 0.6 is 11.3 Å². The van der Waals surface area contributed by atoms with E-state index < -0.39 is 15.9 Å². The van der Waals surface area contributed by atoms with Gasteiger partial charge < -0.3 is 9.47 Å². The maximum Gasteiger partial charge on any atom is 0.280 e. The van der Waals surface area contributed by atoms with Crippen LogP contribution in [0.5, 0.6) is 11.5 Å². The highest BCUT2D eigenvalue weighted by atomic mass is 32.2. The molecule has 0 fully saturated rings. The van der Waals surface area contributed by atoms with Gasteiger partial charge in [0, 0.05) is 31.5 Å². The van der Waals surface area contributed by atoms with Gasteiger partial charge in [-0.05, 0) is 79.2 Å². The Kier molecular flexibility index (Phi) is 10.4. The predicted molar refractivity (Wildman–Crippen MR) is 164 cm³/mol. The number of nitrogens with zero attached hydrogens (tertiary/aromatic N) is 6. The van der Waals surface area contributed by atoms with Crippen LogP contribution in [0, 0.1) is 22.7 Å². The van der Waals surface area contributed by atoms with E-state index in [4.69, 9.17) is 20.0 Å². The number of amides is 1. The van der Waals surface area contributed by atoms with Gasteiger partial charge in [0.25, 0.3) is 5.91 Å². The molecule has 0 bridgehead atoms. The number of anilines is 1. The number of methoxy groups -OCH3 is 1. The molecule has 11 nitrogen and oxygen atoms in total. The summed E-state index contributed by atoms with van der Waals surface area (Å²) in [6.07, 6.45) is 1.49. The summed E-state index contributed by atoms with van der Waals surface area (Å²) in [7, 11) is -2.43. The second-order valence-electron chi connectivity index (χ2n) is 8.94. The highest BCUT2D eigenvalue weighted by Gasteiger charge is 2.26. The summed E-state index contributed by atoms with van der Waals surface area (Å²) >= 11 is 1.25. The number of sulfonamides is 1. The molecule has 0 saturated carbocycles. The van der Waals surface area contributed by atoms with E-state index in [1.807, 2.05) is 37.3 Å². The quantitative estimate of drug-likeness (QED) is 0.147. The van der Waals surface area contributed by atoms with Crippen molar-refractivity contribution < 1.29 is 22.7 Å². The summed E-state index contributed by atoms with van der Waals surface area (Å²) in [5.74, 6) is 0.832. The Morgan fingerprint density at radius 2 is 1.65 bits per heavy atom. The predicted octanol–water partition coefficient (Wildman–Crippen LogP) is 5.20. The molecular formula is C30H28N6O5S2. The van der Waals surface area contributed by atoms with E-state index in [1.165, 1.54) is 46.8 Å². The number of ether oxygens (including phenoxy) is 2. The first-order chi connectivity index (χ1) is 20.8. The SMILES string of the molecule is CCOc1ccc(/C=N/N(C(=O)c2ccc(S(=O)(=O)N(CCC#N)CCC#N)cc2)c2nc3ccc(OC)cc3s2)cc1. The van der Waals surface area contributed by atoms with E-state index in [1.54, 1.807) is 31.4 Å². The zero-order chi connectivity index (χ0) is 30.8. The number of thiazole rings is 1. The molecule has 0 spiro atoms. The van der Waals surface area contributed by atoms with Gasteiger partial charge >= 0.3 is 0 Å². The maximum absolute atomic E-state index is 13.8. The molecule has 220 valence electrons. The Morgan fingerprint density at radius 1 is 1.00 bits per heavy atom. The lowest BCUT2D eigenvalue weighted by Gasteiger charge is -2.20. The third-order valence-corrected chi connectivity index (χ3v) is 9.06. The minimum absolute atomic E-state index is 0.0173. The molecule has 43 heavy (non-hydrogen) atoms. The summed E-state index contributed by atoms with van der Waals surface area (Å²) in [6.45, 7) is 2.35. The lowest BCUT2D eigenvalue weighted by atomic mass is 10.2. The molecule has 0 N–H and O–H groups in total. The summed E-state index contributed by atoms with van der Waals surface area (Å²) < 4.78 is 39.1. The molecule has 1 heterocycles. The van der Waals surface area contributed by atoms with Crippen LogP contribution in [0.3, 0.4) is 0 Å². The van der Waals surface area contributed by atoms with E-state index in [2.05, 4.69) is 10.1 Å². The second-order valence-corrected chi connectivity index (χ2v) is 11.9. The molecule has 4 aromatic rings. The van der Waals surface area contributed by atoms with Crippen molar-refractivity contribution in [2.24, 2.45) is 5.10 Å². The van der Waals surface area contributed by atoms with Crippen LogP contribution in [0.25, 0.3) is 10.2 Å². The number of aromatic nitrogens is 1. The molecule has 4 rings (SSSR count). The van der Waals surface area contributed by atoms with Gasteiger partial charge in [0.2, 0.25) is 15.2 Å². The van der Waals surface area contributed by atoms with Crippen LogP contribution in [0.2, 0.25) is 0 Å². The van der Waals surface area contributed by atoms with Crippen LogP contribution in [0.15, 0.2) is 76.7 Å². The molecule has 0 aliphatic carbocycles. The molecule has 0 aliphatic rings. The van der Waals surface area contributed by atoms with Gasteiger partial charge in [-0.15, -0.1) is 0 Å². The lowest BCUT2D eigenvalue weighted by molar-refractivity contribution is 0.0987. The number of rotatable bonds is 13. The van der Waals surface area contributed by atoms with Crippen LogP contribution in [-0.4, -0.2) is 56.6 Å². The Morgan fingerprint density at radius 3 is 2.26 bits per heavy atom. The lowest BCUT2D eigenvalue weighted by Crippen LogP contribution is -2.33. The average Bonchev–Trinajstić information content (AvgIpc) is 3.45. The first-order valence-corrected chi connectivity index (χ1v) is 15.5. The molecular weight excluding hydrogens is 589 g/mol. The smallest absolute Gasteiger partial charge is 0.280 e. The minimum atomic E-state index is -3.99. The van der Waals surface area contributed by atoms with Crippen molar-refractivity contribution in [3.05, 3.63) is 77.9 Å². The third kappa shape index (κ3) is 7.53. The van der Waals surface area contributed by atoms with Crippen molar-refractivity contribution in [2.45, 2.75) is 24.7 Å². The van der Waals surface area contributed by atoms with Crippen LogP contribution < -0.4 is 14.5 Å². The normalized spacial score (nSPS) is 11.4. The van der Waals surface area contributed by atoms with Gasteiger partial charge in [-0.1, -0.05) is 11.3 Å². The number of hydrogen-bond acceptors (Lipinski definition) is 10. The second kappa shape index (κ2) is 14.4.